The summed E-state index contributed by atoms with van der Waals surface area (Å²) in [6.45, 7) is 3.34. The van der Waals surface area contributed by atoms with E-state index in [0.29, 0.717) is 44.4 Å². The van der Waals surface area contributed by atoms with Gasteiger partial charge >= 0.3 is 0 Å². The number of nitrogens with zero attached hydrogens (tertiary/aromatic N) is 4. The first-order valence-electron chi connectivity index (χ1n) is 10.3. The van der Waals surface area contributed by atoms with Gasteiger partial charge in [0.15, 0.2) is 0 Å². The van der Waals surface area contributed by atoms with Crippen molar-refractivity contribution in [2.75, 3.05) is 32.8 Å². The van der Waals surface area contributed by atoms with Crippen LogP contribution in [0.25, 0.3) is 11.4 Å². The van der Waals surface area contributed by atoms with E-state index in [4.69, 9.17) is 9.26 Å². The molecule has 0 radical (unpaired) electrons. The van der Waals surface area contributed by atoms with Crippen LogP contribution in [-0.2, 0) is 16.0 Å². The summed E-state index contributed by atoms with van der Waals surface area (Å²) in [5.41, 5.74) is 0.855. The zero-order valence-corrected chi connectivity index (χ0v) is 17.0. The minimum atomic E-state index is -2.69. The van der Waals surface area contributed by atoms with Crippen LogP contribution in [0.1, 0.15) is 25.7 Å². The zero-order valence-electron chi connectivity index (χ0n) is 17.0. The van der Waals surface area contributed by atoms with Gasteiger partial charge in [-0.3, -0.25) is 9.69 Å². The van der Waals surface area contributed by atoms with Gasteiger partial charge in [-0.05, 0) is 6.92 Å². The number of amides is 1. The van der Waals surface area contributed by atoms with Crippen LogP contribution in [0.2, 0.25) is 0 Å². The summed E-state index contributed by atoms with van der Waals surface area (Å²) in [5.74, 6) is -1.81. The van der Waals surface area contributed by atoms with Crippen molar-refractivity contribution in [3.63, 3.8) is 0 Å². The molecular formula is C21H26F2N4O3. The minimum absolute atomic E-state index is 0.0296. The average molecular weight is 420 g/mol. The molecule has 2 saturated heterocycles. The quantitative estimate of drug-likeness (QED) is 0.654. The topological polar surface area (TPSA) is 71.7 Å². The van der Waals surface area contributed by atoms with E-state index < -0.39 is 5.92 Å². The summed E-state index contributed by atoms with van der Waals surface area (Å²) in [6, 6.07) is 9.14. The van der Waals surface area contributed by atoms with E-state index in [2.05, 4.69) is 10.1 Å². The summed E-state index contributed by atoms with van der Waals surface area (Å²) in [7, 11) is 0. The van der Waals surface area contributed by atoms with Crippen LogP contribution in [-0.4, -0.2) is 76.7 Å². The summed E-state index contributed by atoms with van der Waals surface area (Å²) < 4.78 is 38.4. The van der Waals surface area contributed by atoms with E-state index >= 15 is 0 Å². The molecule has 162 valence electrons. The molecule has 3 heterocycles. The van der Waals surface area contributed by atoms with Crippen molar-refractivity contribution >= 4 is 5.91 Å². The zero-order chi connectivity index (χ0) is 21.1. The van der Waals surface area contributed by atoms with E-state index in [9.17, 15) is 13.6 Å². The fourth-order valence-corrected chi connectivity index (χ4v) is 4.06. The van der Waals surface area contributed by atoms with Gasteiger partial charge in [-0.25, -0.2) is 8.78 Å². The number of aryl methyl sites for hydroxylation is 1. The van der Waals surface area contributed by atoms with Gasteiger partial charge in [0.25, 0.3) is 5.92 Å². The highest BCUT2D eigenvalue weighted by molar-refractivity contribution is 5.77. The average Bonchev–Trinajstić information content (AvgIpc) is 3.28. The number of carbonyl (C=O) groups is 1. The van der Waals surface area contributed by atoms with Gasteiger partial charge in [-0.2, -0.15) is 4.98 Å². The second-order valence-corrected chi connectivity index (χ2v) is 7.88. The molecule has 0 saturated carbocycles. The molecule has 7 nitrogen and oxygen atoms in total. The molecule has 9 heteroatoms. The Balaban J connectivity index is 1.25. The van der Waals surface area contributed by atoms with Crippen molar-refractivity contribution in [1.29, 1.82) is 0 Å². The minimum Gasteiger partial charge on any atom is -0.380 e. The van der Waals surface area contributed by atoms with Crippen molar-refractivity contribution in [2.45, 2.75) is 44.2 Å². The number of ether oxygens (including phenoxy) is 1. The molecule has 1 atom stereocenters. The number of hydrogen-bond acceptors (Lipinski definition) is 6. The molecule has 1 aromatic carbocycles. The highest BCUT2D eigenvalue weighted by Crippen LogP contribution is 2.35. The van der Waals surface area contributed by atoms with Crippen LogP contribution in [0.3, 0.4) is 0 Å². The van der Waals surface area contributed by atoms with Gasteiger partial charge in [0, 0.05) is 56.6 Å². The molecule has 0 aliphatic carbocycles. The lowest BCUT2D eigenvalue weighted by molar-refractivity contribution is -0.139. The van der Waals surface area contributed by atoms with Gasteiger partial charge in [0.1, 0.15) is 0 Å². The number of hydrogen-bond donors (Lipinski definition) is 0. The Labute approximate surface area is 174 Å². The largest absolute Gasteiger partial charge is 0.380 e. The molecule has 1 aromatic heterocycles. The van der Waals surface area contributed by atoms with Crippen LogP contribution >= 0.6 is 0 Å². The maximum Gasteiger partial charge on any atom is 0.262 e. The van der Waals surface area contributed by atoms with E-state index in [0.717, 1.165) is 5.56 Å². The molecular weight excluding hydrogens is 394 g/mol. The van der Waals surface area contributed by atoms with Crippen molar-refractivity contribution < 1.29 is 22.8 Å². The predicted molar refractivity (Wildman–Crippen MR) is 105 cm³/mol. The van der Waals surface area contributed by atoms with Crippen LogP contribution < -0.4 is 0 Å². The summed E-state index contributed by atoms with van der Waals surface area (Å²) in [4.78, 5) is 20.3. The number of likely N-dealkylation sites (tertiary alicyclic amines) is 2. The lowest BCUT2D eigenvalue weighted by Crippen LogP contribution is -2.62. The second kappa shape index (κ2) is 8.77. The molecule has 2 aromatic rings. The van der Waals surface area contributed by atoms with E-state index in [-0.39, 0.29) is 37.4 Å². The Morgan fingerprint density at radius 2 is 2.07 bits per heavy atom. The van der Waals surface area contributed by atoms with E-state index in [1.54, 1.807) is 4.90 Å². The normalized spacial score (nSPS) is 21.7. The SMILES string of the molecule is CCOC[C@@H]1CC(F)(F)CN1C1CN(C(=O)CCc2nc(-c3ccccc3)no2)C1. The van der Waals surface area contributed by atoms with Gasteiger partial charge in [-0.1, -0.05) is 35.5 Å². The highest BCUT2D eigenvalue weighted by atomic mass is 19.3. The van der Waals surface area contributed by atoms with Crippen molar-refractivity contribution in [3.8, 4) is 11.4 Å². The lowest BCUT2D eigenvalue weighted by Gasteiger charge is -2.45. The van der Waals surface area contributed by atoms with Gasteiger partial charge < -0.3 is 14.2 Å². The molecule has 1 amide bonds. The van der Waals surface area contributed by atoms with Crippen molar-refractivity contribution in [3.05, 3.63) is 36.2 Å². The number of rotatable bonds is 8. The molecule has 30 heavy (non-hydrogen) atoms. The standard InChI is InChI=1S/C21H26F2N4O3/c1-2-29-13-16-10-21(22,23)14-27(16)17-11-26(12-17)19(28)9-8-18-24-20(25-30-18)15-6-4-3-5-7-15/h3-7,16-17H,2,8-14H2,1H3/t16-/m0/s1. The fraction of sp³-hybridized carbons (Fsp3) is 0.571. The molecule has 2 aliphatic rings. The molecule has 0 N–H and O–H groups in total. The molecule has 2 fully saturated rings. The van der Waals surface area contributed by atoms with Crippen LogP contribution in [0.15, 0.2) is 34.9 Å². The van der Waals surface area contributed by atoms with Gasteiger partial charge in [0.05, 0.1) is 13.2 Å². The number of alkyl halides is 2. The highest BCUT2D eigenvalue weighted by Gasteiger charge is 2.50. The summed E-state index contributed by atoms with van der Waals surface area (Å²) in [5, 5.41) is 3.95. The Morgan fingerprint density at radius 3 is 2.80 bits per heavy atom. The van der Waals surface area contributed by atoms with Gasteiger partial charge in [0.2, 0.25) is 17.6 Å². The van der Waals surface area contributed by atoms with Crippen LogP contribution in [0, 0.1) is 0 Å². The van der Waals surface area contributed by atoms with Crippen LogP contribution in [0.4, 0.5) is 8.78 Å². The maximum atomic E-state index is 13.9. The summed E-state index contributed by atoms with van der Waals surface area (Å²) >= 11 is 0. The first kappa shape index (κ1) is 20.9. The third-order valence-corrected chi connectivity index (χ3v) is 5.67. The van der Waals surface area contributed by atoms with Gasteiger partial charge in [-0.15, -0.1) is 0 Å². The van der Waals surface area contributed by atoms with E-state index in [1.165, 1.54) is 0 Å². The van der Waals surface area contributed by atoms with E-state index in [1.807, 2.05) is 42.2 Å². The third-order valence-electron chi connectivity index (χ3n) is 5.67. The lowest BCUT2D eigenvalue weighted by atomic mass is 10.0. The monoisotopic (exact) mass is 420 g/mol. The number of benzene rings is 1. The number of halogens is 2. The molecule has 2 aliphatic heterocycles. The molecule has 0 bridgehead atoms. The fourth-order valence-electron chi connectivity index (χ4n) is 4.06. The van der Waals surface area contributed by atoms with Crippen molar-refractivity contribution in [1.82, 2.24) is 19.9 Å². The second-order valence-electron chi connectivity index (χ2n) is 7.88. The maximum absolute atomic E-state index is 13.9. The smallest absolute Gasteiger partial charge is 0.262 e. The van der Waals surface area contributed by atoms with Crippen molar-refractivity contribution in [2.24, 2.45) is 0 Å². The summed E-state index contributed by atoms with van der Waals surface area (Å²) in [6.07, 6.45) is 0.425. The molecule has 4 rings (SSSR count). The van der Waals surface area contributed by atoms with Crippen LogP contribution in [0.5, 0.6) is 0 Å². The Bertz CT molecular complexity index is 855. The Kier molecular flexibility index (Phi) is 6.10. The number of aromatic nitrogens is 2. The molecule has 0 unspecified atom stereocenters. The first-order valence-corrected chi connectivity index (χ1v) is 10.3. The number of carbonyl (C=O) groups excluding carboxylic acids is 1. The third kappa shape index (κ3) is 4.67. The molecule has 0 spiro atoms. The Morgan fingerprint density at radius 1 is 1.30 bits per heavy atom. The predicted octanol–water partition coefficient (Wildman–Crippen LogP) is 2.63. The Hall–Kier alpha value is -2.39. The first-order chi connectivity index (χ1) is 14.4.